The molecule has 5 heteroatoms. The summed E-state index contributed by atoms with van der Waals surface area (Å²) in [7, 11) is 0. The molecule has 0 bridgehead atoms. The molecule has 2 rings (SSSR count). The van der Waals surface area contributed by atoms with E-state index in [0.717, 1.165) is 5.56 Å². The Bertz CT molecular complexity index is 721. The second-order valence-electron chi connectivity index (χ2n) is 6.06. The first-order valence-electron chi connectivity index (χ1n) is 6.78. The van der Waals surface area contributed by atoms with Gasteiger partial charge in [0, 0.05) is 5.02 Å². The molecule has 0 unspecified atom stereocenters. The van der Waals surface area contributed by atoms with Crippen LogP contribution in [0.25, 0.3) is 0 Å². The Hall–Kier alpha value is -1.71. The van der Waals surface area contributed by atoms with Gasteiger partial charge in [0.1, 0.15) is 5.75 Å². The smallest absolute Gasteiger partial charge is 0.257 e. The van der Waals surface area contributed by atoms with Gasteiger partial charge in [-0.1, -0.05) is 50.0 Å². The highest BCUT2D eigenvalue weighted by Crippen LogP contribution is 2.31. The average Bonchev–Trinajstić information content (AvgIpc) is 2.42. The first-order valence-corrected chi connectivity index (χ1v) is 7.54. The first kappa shape index (κ1) is 16.7. The minimum Gasteiger partial charge on any atom is -0.506 e. The highest BCUT2D eigenvalue weighted by molar-refractivity contribution is 6.36. The van der Waals surface area contributed by atoms with E-state index in [4.69, 9.17) is 23.2 Å². The van der Waals surface area contributed by atoms with E-state index in [1.165, 1.54) is 6.07 Å². The molecular formula is C17H17Cl2NO2. The van der Waals surface area contributed by atoms with Crippen molar-refractivity contribution in [1.82, 2.24) is 0 Å². The summed E-state index contributed by atoms with van der Waals surface area (Å²) in [6.45, 7) is 6.16. The number of nitrogens with one attached hydrogen (secondary N) is 1. The molecule has 0 saturated carbocycles. The Kier molecular flexibility index (Phi) is 4.69. The predicted octanol–water partition coefficient (Wildman–Crippen LogP) is 5.25. The van der Waals surface area contributed by atoms with Crippen LogP contribution in [-0.2, 0) is 5.41 Å². The van der Waals surface area contributed by atoms with Crippen LogP contribution in [0, 0.1) is 0 Å². The minimum atomic E-state index is -0.422. The molecule has 2 aromatic carbocycles. The summed E-state index contributed by atoms with van der Waals surface area (Å²) in [6, 6.07) is 9.81. The summed E-state index contributed by atoms with van der Waals surface area (Å²) in [6.07, 6.45) is 0. The zero-order valence-corrected chi connectivity index (χ0v) is 14.1. The van der Waals surface area contributed by atoms with Gasteiger partial charge in [0.25, 0.3) is 5.91 Å². The van der Waals surface area contributed by atoms with Crippen LogP contribution in [0.1, 0.15) is 36.7 Å². The zero-order valence-electron chi connectivity index (χ0n) is 12.6. The molecule has 3 nitrogen and oxygen atoms in total. The van der Waals surface area contributed by atoms with Crippen LogP contribution in [0.15, 0.2) is 36.4 Å². The van der Waals surface area contributed by atoms with E-state index >= 15 is 0 Å². The Labute approximate surface area is 139 Å². The molecule has 1 amide bonds. The predicted molar refractivity (Wildman–Crippen MR) is 91.2 cm³/mol. The number of anilines is 1. The van der Waals surface area contributed by atoms with Gasteiger partial charge >= 0.3 is 0 Å². The van der Waals surface area contributed by atoms with Crippen molar-refractivity contribution in [3.05, 3.63) is 57.6 Å². The van der Waals surface area contributed by atoms with Crippen LogP contribution in [0.5, 0.6) is 5.75 Å². The number of aromatic hydroxyl groups is 1. The number of phenols is 1. The fourth-order valence-electron chi connectivity index (χ4n) is 1.96. The van der Waals surface area contributed by atoms with E-state index in [0.29, 0.717) is 15.7 Å². The van der Waals surface area contributed by atoms with E-state index in [1.54, 1.807) is 24.3 Å². The lowest BCUT2D eigenvalue weighted by Crippen LogP contribution is -2.15. The maximum Gasteiger partial charge on any atom is 0.257 e. The van der Waals surface area contributed by atoms with Crippen molar-refractivity contribution >= 4 is 34.8 Å². The molecule has 0 aromatic heterocycles. The summed E-state index contributed by atoms with van der Waals surface area (Å²) < 4.78 is 0. The monoisotopic (exact) mass is 337 g/mol. The van der Waals surface area contributed by atoms with Crippen molar-refractivity contribution in [2.75, 3.05) is 5.32 Å². The molecule has 2 N–H and O–H groups in total. The van der Waals surface area contributed by atoms with Crippen LogP contribution in [-0.4, -0.2) is 11.0 Å². The van der Waals surface area contributed by atoms with Crippen molar-refractivity contribution in [2.45, 2.75) is 26.2 Å². The van der Waals surface area contributed by atoms with Crippen LogP contribution >= 0.6 is 23.2 Å². The number of carbonyl (C=O) groups is 1. The van der Waals surface area contributed by atoms with Crippen LogP contribution in [0.3, 0.4) is 0 Å². The van der Waals surface area contributed by atoms with E-state index in [-0.39, 0.29) is 16.7 Å². The van der Waals surface area contributed by atoms with E-state index in [2.05, 4.69) is 26.1 Å². The van der Waals surface area contributed by atoms with Gasteiger partial charge < -0.3 is 10.4 Å². The fourth-order valence-corrected chi connectivity index (χ4v) is 2.34. The number of amides is 1. The van der Waals surface area contributed by atoms with Crippen molar-refractivity contribution < 1.29 is 9.90 Å². The molecule has 0 heterocycles. The number of benzene rings is 2. The molecular weight excluding hydrogens is 321 g/mol. The Morgan fingerprint density at radius 2 is 1.77 bits per heavy atom. The first-order chi connectivity index (χ1) is 10.2. The Morgan fingerprint density at radius 1 is 1.09 bits per heavy atom. The zero-order chi connectivity index (χ0) is 16.5. The summed E-state index contributed by atoms with van der Waals surface area (Å²) in [5, 5.41) is 13.3. The van der Waals surface area contributed by atoms with Crippen molar-refractivity contribution in [2.24, 2.45) is 0 Å². The topological polar surface area (TPSA) is 49.3 Å². The highest BCUT2D eigenvalue weighted by Gasteiger charge is 2.18. The van der Waals surface area contributed by atoms with Crippen molar-refractivity contribution in [3.63, 3.8) is 0 Å². The highest BCUT2D eigenvalue weighted by atomic mass is 35.5. The largest absolute Gasteiger partial charge is 0.506 e. The second-order valence-corrected chi connectivity index (χ2v) is 6.90. The summed E-state index contributed by atoms with van der Waals surface area (Å²) >= 11 is 11.9. The number of phenolic OH excluding ortho intramolecular Hbond substituents is 1. The normalized spacial score (nSPS) is 11.3. The number of rotatable bonds is 2. The van der Waals surface area contributed by atoms with Gasteiger partial charge in [-0.15, -0.1) is 0 Å². The van der Waals surface area contributed by atoms with E-state index in [9.17, 15) is 9.90 Å². The van der Waals surface area contributed by atoms with Crippen LogP contribution in [0.4, 0.5) is 5.69 Å². The quantitative estimate of drug-likeness (QED) is 0.735. The van der Waals surface area contributed by atoms with Gasteiger partial charge in [-0.05, 0) is 41.3 Å². The van der Waals surface area contributed by atoms with Gasteiger partial charge in [0.2, 0.25) is 0 Å². The molecule has 0 aliphatic rings. The molecule has 0 aliphatic heterocycles. The number of halogens is 2. The van der Waals surface area contributed by atoms with Gasteiger partial charge in [-0.25, -0.2) is 0 Å². The molecule has 0 saturated heterocycles. The third-order valence-corrected chi connectivity index (χ3v) is 3.85. The molecule has 116 valence electrons. The standard InChI is InChI=1S/C17H17Cl2NO2/c1-17(2,3)10-4-7-15(21)14(8-10)20-16(22)12-9-11(18)5-6-13(12)19/h4-9,21H,1-3H3,(H,20,22). The van der Waals surface area contributed by atoms with Crippen molar-refractivity contribution in [1.29, 1.82) is 0 Å². The summed E-state index contributed by atoms with van der Waals surface area (Å²) in [4.78, 5) is 12.3. The molecule has 0 atom stereocenters. The lowest BCUT2D eigenvalue weighted by molar-refractivity contribution is 0.102. The van der Waals surface area contributed by atoms with Gasteiger partial charge in [-0.2, -0.15) is 0 Å². The minimum absolute atomic E-state index is 0.000462. The molecule has 22 heavy (non-hydrogen) atoms. The number of hydrogen-bond donors (Lipinski definition) is 2. The van der Waals surface area contributed by atoms with Gasteiger partial charge in [0.05, 0.1) is 16.3 Å². The maximum absolute atomic E-state index is 12.3. The molecule has 0 aliphatic carbocycles. The van der Waals surface area contributed by atoms with Crippen molar-refractivity contribution in [3.8, 4) is 5.75 Å². The second kappa shape index (κ2) is 6.19. The molecule has 0 fully saturated rings. The number of carbonyl (C=O) groups excluding carboxylic acids is 1. The third kappa shape index (κ3) is 3.73. The Balaban J connectivity index is 2.34. The van der Waals surface area contributed by atoms with Crippen LogP contribution < -0.4 is 5.32 Å². The molecule has 0 spiro atoms. The SMILES string of the molecule is CC(C)(C)c1ccc(O)c(NC(=O)c2cc(Cl)ccc2Cl)c1. The molecule has 2 aromatic rings. The summed E-state index contributed by atoms with van der Waals surface area (Å²) in [5.74, 6) is -0.423. The van der Waals surface area contributed by atoms with Gasteiger partial charge in [0.15, 0.2) is 0 Å². The van der Waals surface area contributed by atoms with E-state index in [1.807, 2.05) is 6.07 Å². The number of hydrogen-bond acceptors (Lipinski definition) is 2. The van der Waals surface area contributed by atoms with E-state index < -0.39 is 5.91 Å². The lowest BCUT2D eigenvalue weighted by atomic mass is 9.87. The fraction of sp³-hybridized carbons (Fsp3) is 0.235. The molecule has 0 radical (unpaired) electrons. The maximum atomic E-state index is 12.3. The summed E-state index contributed by atoms with van der Waals surface area (Å²) in [5.41, 5.74) is 1.50. The Morgan fingerprint density at radius 3 is 2.41 bits per heavy atom. The third-order valence-electron chi connectivity index (χ3n) is 3.28. The average molecular weight is 338 g/mol. The van der Waals surface area contributed by atoms with Crippen LogP contribution in [0.2, 0.25) is 10.0 Å². The lowest BCUT2D eigenvalue weighted by Gasteiger charge is -2.20. The van der Waals surface area contributed by atoms with Gasteiger partial charge in [-0.3, -0.25) is 4.79 Å².